The number of hydrogen-bond acceptors (Lipinski definition) is 4. The quantitative estimate of drug-likeness (QED) is 0.845. The van der Waals surface area contributed by atoms with Crippen molar-refractivity contribution in [3.63, 3.8) is 0 Å². The third kappa shape index (κ3) is 3.37. The van der Waals surface area contributed by atoms with Crippen molar-refractivity contribution in [2.24, 2.45) is 5.92 Å². The molecule has 2 N–H and O–H groups in total. The van der Waals surface area contributed by atoms with E-state index in [1.165, 1.54) is 24.2 Å². The van der Waals surface area contributed by atoms with E-state index in [9.17, 15) is 8.42 Å². The number of hydrogen-bond donors (Lipinski definition) is 2. The highest BCUT2D eigenvalue weighted by molar-refractivity contribution is 7.91. The zero-order valence-electron chi connectivity index (χ0n) is 11.1. The van der Waals surface area contributed by atoms with Crippen LogP contribution in [-0.4, -0.2) is 20.5 Å². The molecular weight excluding hydrogens is 280 g/mol. The minimum atomic E-state index is -3.31. The van der Waals surface area contributed by atoms with Gasteiger partial charge >= 0.3 is 0 Å². The van der Waals surface area contributed by atoms with Crippen molar-refractivity contribution < 1.29 is 8.42 Å². The third-order valence-corrected chi connectivity index (χ3v) is 6.77. The zero-order chi connectivity index (χ0) is 13.5. The minimum absolute atomic E-state index is 0.134. The van der Waals surface area contributed by atoms with Crippen LogP contribution in [0.4, 0.5) is 0 Å². The molecule has 0 radical (unpaired) electrons. The number of nitrogens with one attached hydrogen (secondary N) is 2. The average molecular weight is 300 g/mol. The molecule has 0 unspecified atom stereocenters. The predicted molar refractivity (Wildman–Crippen MR) is 76.7 cm³/mol. The normalized spacial score (nSPS) is 27.2. The fourth-order valence-corrected chi connectivity index (χ4v) is 4.90. The molecule has 0 saturated heterocycles. The lowest BCUT2D eigenvalue weighted by molar-refractivity contribution is 0.270. The summed E-state index contributed by atoms with van der Waals surface area (Å²) >= 11 is 1.32. The summed E-state index contributed by atoms with van der Waals surface area (Å²) in [5, 5.41) is 5.34. The lowest BCUT2D eigenvalue weighted by Gasteiger charge is -2.32. The van der Waals surface area contributed by atoms with Crippen LogP contribution in [0.15, 0.2) is 15.7 Å². The van der Waals surface area contributed by atoms with Gasteiger partial charge < -0.3 is 5.32 Å². The van der Waals surface area contributed by atoms with Crippen molar-refractivity contribution in [2.75, 3.05) is 0 Å². The Morgan fingerprint density at radius 3 is 2.68 bits per heavy atom. The molecule has 4 nitrogen and oxygen atoms in total. The van der Waals surface area contributed by atoms with Gasteiger partial charge in [-0.1, -0.05) is 6.92 Å². The van der Waals surface area contributed by atoms with Crippen LogP contribution in [0.3, 0.4) is 0 Å². The molecule has 1 aromatic heterocycles. The largest absolute Gasteiger partial charge is 0.310 e. The second-order valence-corrected chi connectivity index (χ2v) is 8.68. The Labute approximate surface area is 118 Å². The van der Waals surface area contributed by atoms with Crippen molar-refractivity contribution in [1.82, 2.24) is 10.0 Å². The average Bonchev–Trinajstić information content (AvgIpc) is 3.01. The highest BCUT2D eigenvalue weighted by atomic mass is 32.2. The van der Waals surface area contributed by atoms with Crippen molar-refractivity contribution in [3.8, 4) is 0 Å². The van der Waals surface area contributed by atoms with E-state index in [2.05, 4.69) is 17.0 Å². The van der Waals surface area contributed by atoms with Gasteiger partial charge in [-0.05, 0) is 48.6 Å². The van der Waals surface area contributed by atoms with Crippen LogP contribution < -0.4 is 10.0 Å². The molecule has 0 atom stereocenters. The summed E-state index contributed by atoms with van der Waals surface area (Å²) in [5.74, 6) is 0.648. The fourth-order valence-electron chi connectivity index (χ4n) is 2.41. The second kappa shape index (κ2) is 5.16. The van der Waals surface area contributed by atoms with Crippen molar-refractivity contribution in [3.05, 3.63) is 17.0 Å². The molecule has 1 heterocycles. The van der Waals surface area contributed by atoms with Gasteiger partial charge in [0.15, 0.2) is 0 Å². The van der Waals surface area contributed by atoms with Gasteiger partial charge in [0.2, 0.25) is 10.0 Å². The van der Waals surface area contributed by atoms with E-state index in [-0.39, 0.29) is 6.04 Å². The van der Waals surface area contributed by atoms with E-state index in [1.807, 2.05) is 5.38 Å². The van der Waals surface area contributed by atoms with Crippen LogP contribution in [0.5, 0.6) is 0 Å². The predicted octanol–water partition coefficient (Wildman–Crippen LogP) is 2.08. The summed E-state index contributed by atoms with van der Waals surface area (Å²) < 4.78 is 27.6. The number of thiophene rings is 1. The summed E-state index contributed by atoms with van der Waals surface area (Å²) in [6, 6.07) is 2.58. The first kappa shape index (κ1) is 13.5. The molecule has 2 aliphatic carbocycles. The van der Waals surface area contributed by atoms with E-state index >= 15 is 0 Å². The molecule has 6 heteroatoms. The molecular formula is C13H20N2O2S2. The lowest BCUT2D eigenvalue weighted by atomic mass is 9.83. The van der Waals surface area contributed by atoms with E-state index in [4.69, 9.17) is 0 Å². The molecule has 2 aliphatic rings. The molecule has 106 valence electrons. The standard InChI is InChI=1S/C13H20N2O2S2/c1-9-4-12(5-9)15-19(16,17)13-6-10(8-18-13)7-14-11-2-3-11/h6,8-9,11-12,14-15H,2-5,7H2,1H3. The molecule has 19 heavy (non-hydrogen) atoms. The molecule has 0 amide bonds. The van der Waals surface area contributed by atoms with Gasteiger partial charge in [0, 0.05) is 18.6 Å². The summed E-state index contributed by atoms with van der Waals surface area (Å²) in [7, 11) is -3.31. The molecule has 2 fully saturated rings. The van der Waals surface area contributed by atoms with Gasteiger partial charge in [0.25, 0.3) is 0 Å². The monoisotopic (exact) mass is 300 g/mol. The Hall–Kier alpha value is -0.430. The van der Waals surface area contributed by atoms with E-state index in [0.29, 0.717) is 16.2 Å². The first-order valence-electron chi connectivity index (χ1n) is 6.86. The maximum atomic E-state index is 12.2. The van der Waals surface area contributed by atoms with Gasteiger partial charge in [-0.25, -0.2) is 13.1 Å². The SMILES string of the molecule is CC1CC(NS(=O)(=O)c2cc(CNC3CC3)cs2)C1. The Morgan fingerprint density at radius 1 is 1.32 bits per heavy atom. The first-order valence-corrected chi connectivity index (χ1v) is 9.22. The zero-order valence-corrected chi connectivity index (χ0v) is 12.7. The maximum absolute atomic E-state index is 12.2. The van der Waals surface area contributed by atoms with Crippen molar-refractivity contribution in [1.29, 1.82) is 0 Å². The summed E-state index contributed by atoms with van der Waals surface area (Å²) in [6.45, 7) is 2.93. The van der Waals surface area contributed by atoms with Gasteiger partial charge in [-0.3, -0.25) is 0 Å². The number of rotatable bonds is 6. The van der Waals surface area contributed by atoms with Crippen molar-refractivity contribution in [2.45, 2.75) is 55.4 Å². The Kier molecular flexibility index (Phi) is 3.68. The Morgan fingerprint density at radius 2 is 2.05 bits per heavy atom. The van der Waals surface area contributed by atoms with E-state index in [1.54, 1.807) is 6.07 Å². The molecule has 0 aliphatic heterocycles. The van der Waals surface area contributed by atoms with Crippen LogP contribution >= 0.6 is 11.3 Å². The molecule has 1 aromatic rings. The maximum Gasteiger partial charge on any atom is 0.250 e. The second-order valence-electron chi connectivity index (χ2n) is 5.82. The third-order valence-electron chi connectivity index (χ3n) is 3.76. The van der Waals surface area contributed by atoms with Crippen LogP contribution in [0.1, 0.15) is 38.2 Å². The van der Waals surface area contributed by atoms with Gasteiger partial charge in [0.05, 0.1) is 0 Å². The van der Waals surface area contributed by atoms with Crippen LogP contribution in [0, 0.1) is 5.92 Å². The molecule has 0 aromatic carbocycles. The highest BCUT2D eigenvalue weighted by Crippen LogP contribution is 2.29. The topological polar surface area (TPSA) is 58.2 Å². The first-order chi connectivity index (χ1) is 9.03. The highest BCUT2D eigenvalue weighted by Gasteiger charge is 2.30. The van der Waals surface area contributed by atoms with E-state index in [0.717, 1.165) is 24.9 Å². The van der Waals surface area contributed by atoms with E-state index < -0.39 is 10.0 Å². The van der Waals surface area contributed by atoms with Gasteiger partial charge in [0.1, 0.15) is 4.21 Å². The molecule has 0 spiro atoms. The summed E-state index contributed by atoms with van der Waals surface area (Å²) in [6.07, 6.45) is 4.41. The van der Waals surface area contributed by atoms with Crippen LogP contribution in [-0.2, 0) is 16.6 Å². The van der Waals surface area contributed by atoms with Crippen molar-refractivity contribution >= 4 is 21.4 Å². The fraction of sp³-hybridized carbons (Fsp3) is 0.692. The minimum Gasteiger partial charge on any atom is -0.310 e. The Bertz CT molecular complexity index is 543. The van der Waals surface area contributed by atoms with Gasteiger partial charge in [-0.2, -0.15) is 0 Å². The summed E-state index contributed by atoms with van der Waals surface area (Å²) in [4.78, 5) is 0. The smallest absolute Gasteiger partial charge is 0.250 e. The van der Waals surface area contributed by atoms with Gasteiger partial charge in [-0.15, -0.1) is 11.3 Å². The van der Waals surface area contributed by atoms with Crippen LogP contribution in [0.25, 0.3) is 0 Å². The molecule has 2 saturated carbocycles. The summed E-state index contributed by atoms with van der Waals surface area (Å²) in [5.41, 5.74) is 1.07. The number of sulfonamides is 1. The molecule has 3 rings (SSSR count). The molecule has 0 bridgehead atoms. The van der Waals surface area contributed by atoms with Crippen LogP contribution in [0.2, 0.25) is 0 Å². The Balaban J connectivity index is 1.59. The lowest BCUT2D eigenvalue weighted by Crippen LogP contribution is -2.43.